The molecule has 3 heteroatoms. The van der Waals surface area contributed by atoms with Crippen LogP contribution >= 0.6 is 12.6 Å². The zero-order chi connectivity index (χ0) is 10.4. The van der Waals surface area contributed by atoms with Crippen LogP contribution in [0.25, 0.3) is 0 Å². The predicted molar refractivity (Wildman–Crippen MR) is 59.0 cm³/mol. The van der Waals surface area contributed by atoms with E-state index >= 15 is 0 Å². The summed E-state index contributed by atoms with van der Waals surface area (Å²) in [5.41, 5.74) is 1.48. The van der Waals surface area contributed by atoms with Gasteiger partial charge in [0.25, 0.3) is 0 Å². The molecule has 0 saturated carbocycles. The Morgan fingerprint density at radius 1 is 1.43 bits per heavy atom. The third kappa shape index (κ3) is 3.26. The molecule has 0 amide bonds. The van der Waals surface area contributed by atoms with Gasteiger partial charge in [-0.1, -0.05) is 30.3 Å². The molecule has 1 aromatic carbocycles. The number of rotatable bonds is 3. The average molecular weight is 208 g/mol. The fourth-order valence-corrected chi connectivity index (χ4v) is 0.995. The van der Waals surface area contributed by atoms with Crippen LogP contribution in [-0.4, -0.2) is 5.97 Å². The normalized spacial score (nSPS) is 11.1. The number of hydrogen-bond donors (Lipinski definition) is 1. The highest BCUT2D eigenvalue weighted by molar-refractivity contribution is 7.83. The molecular weight excluding hydrogens is 196 g/mol. The quantitative estimate of drug-likeness (QED) is 0.469. The van der Waals surface area contributed by atoms with Gasteiger partial charge in [-0.15, -0.1) is 0 Å². The fraction of sp³-hybridized carbons (Fsp3) is 0.182. The molecule has 0 radical (unpaired) electrons. The first-order chi connectivity index (χ1) is 6.74. The highest BCUT2D eigenvalue weighted by atomic mass is 32.1. The van der Waals surface area contributed by atoms with Crippen LogP contribution in [0.1, 0.15) is 12.5 Å². The summed E-state index contributed by atoms with van der Waals surface area (Å²) >= 11 is 3.87. The molecule has 0 aromatic heterocycles. The zero-order valence-corrected chi connectivity index (χ0v) is 8.83. The van der Waals surface area contributed by atoms with Gasteiger partial charge in [0.2, 0.25) is 0 Å². The molecule has 1 rings (SSSR count). The second-order valence-corrected chi connectivity index (χ2v) is 3.13. The van der Waals surface area contributed by atoms with Crippen LogP contribution in [0.4, 0.5) is 0 Å². The van der Waals surface area contributed by atoms with Crippen LogP contribution < -0.4 is 0 Å². The lowest BCUT2D eigenvalue weighted by Crippen LogP contribution is -2.05. The van der Waals surface area contributed by atoms with Gasteiger partial charge in [0.05, 0.1) is 0 Å². The van der Waals surface area contributed by atoms with Gasteiger partial charge in [0.1, 0.15) is 6.61 Å². The minimum absolute atomic E-state index is 0.304. The monoisotopic (exact) mass is 208 g/mol. The molecular formula is C11H12O2S. The summed E-state index contributed by atoms with van der Waals surface area (Å²) in [5.74, 6) is -0.330. The zero-order valence-electron chi connectivity index (χ0n) is 7.93. The Hall–Kier alpha value is -1.22. The molecule has 0 aliphatic rings. The van der Waals surface area contributed by atoms with Crippen LogP contribution in [0.2, 0.25) is 0 Å². The van der Waals surface area contributed by atoms with Crippen molar-refractivity contribution in [1.82, 2.24) is 0 Å². The van der Waals surface area contributed by atoms with Gasteiger partial charge >= 0.3 is 5.97 Å². The van der Waals surface area contributed by atoms with Crippen LogP contribution in [0.3, 0.4) is 0 Å². The summed E-state index contributed by atoms with van der Waals surface area (Å²) in [6.07, 6.45) is 0. The van der Waals surface area contributed by atoms with Crippen molar-refractivity contribution in [2.24, 2.45) is 0 Å². The Bertz CT molecular complexity index is 330. The molecule has 0 unspecified atom stereocenters. The van der Waals surface area contributed by atoms with E-state index in [1.54, 1.807) is 6.92 Å². The van der Waals surface area contributed by atoms with Gasteiger partial charge < -0.3 is 4.74 Å². The molecule has 0 N–H and O–H groups in total. The Kier molecular flexibility index (Phi) is 4.26. The predicted octanol–water partition coefficient (Wildman–Crippen LogP) is 2.56. The maximum Gasteiger partial charge on any atom is 0.334 e. The molecule has 2 nitrogen and oxygen atoms in total. The van der Waals surface area contributed by atoms with Crippen molar-refractivity contribution in [1.29, 1.82) is 0 Å². The number of thiol groups is 1. The summed E-state index contributed by atoms with van der Waals surface area (Å²) in [5, 5.41) is 1.44. The molecule has 0 heterocycles. The Labute approximate surface area is 89.0 Å². The van der Waals surface area contributed by atoms with Crippen LogP contribution in [0, 0.1) is 0 Å². The molecule has 1 aromatic rings. The lowest BCUT2D eigenvalue weighted by atomic mass is 10.2. The van der Waals surface area contributed by atoms with Crippen molar-refractivity contribution in [3.63, 3.8) is 0 Å². The van der Waals surface area contributed by atoms with Crippen LogP contribution in [0.15, 0.2) is 41.3 Å². The summed E-state index contributed by atoms with van der Waals surface area (Å²) in [6, 6.07) is 9.55. The SMILES string of the molecule is CC(=CS)C(=O)OCc1ccccc1. The van der Waals surface area contributed by atoms with Gasteiger partial charge in [-0.05, 0) is 17.9 Å². The molecule has 0 spiro atoms. The van der Waals surface area contributed by atoms with Crippen molar-refractivity contribution >= 4 is 18.6 Å². The number of benzene rings is 1. The largest absolute Gasteiger partial charge is 0.457 e. The van der Waals surface area contributed by atoms with E-state index in [1.165, 1.54) is 5.41 Å². The van der Waals surface area contributed by atoms with Crippen LogP contribution in [0.5, 0.6) is 0 Å². The highest BCUT2D eigenvalue weighted by Crippen LogP contribution is 2.04. The fourth-order valence-electron chi connectivity index (χ4n) is 0.890. The lowest BCUT2D eigenvalue weighted by molar-refractivity contribution is -0.140. The van der Waals surface area contributed by atoms with E-state index in [-0.39, 0.29) is 5.97 Å². The number of carbonyl (C=O) groups is 1. The van der Waals surface area contributed by atoms with E-state index < -0.39 is 0 Å². The summed E-state index contributed by atoms with van der Waals surface area (Å²) in [7, 11) is 0. The maximum atomic E-state index is 11.2. The average Bonchev–Trinajstić information content (AvgIpc) is 2.26. The molecule has 14 heavy (non-hydrogen) atoms. The third-order valence-corrected chi connectivity index (χ3v) is 2.12. The van der Waals surface area contributed by atoms with Gasteiger partial charge in [0, 0.05) is 5.57 Å². The second-order valence-electron chi connectivity index (χ2n) is 2.87. The standard InChI is InChI=1S/C11H12O2S/c1-9(8-14)11(12)13-7-10-5-3-2-4-6-10/h2-6,8,14H,7H2,1H3. The van der Waals surface area contributed by atoms with Crippen LogP contribution in [-0.2, 0) is 16.1 Å². The number of hydrogen-bond acceptors (Lipinski definition) is 3. The van der Waals surface area contributed by atoms with E-state index in [2.05, 4.69) is 12.6 Å². The van der Waals surface area contributed by atoms with Gasteiger partial charge in [0.15, 0.2) is 0 Å². The molecule has 74 valence electrons. The van der Waals surface area contributed by atoms with E-state index in [0.717, 1.165) is 5.56 Å². The molecule has 0 aliphatic heterocycles. The number of carbonyl (C=O) groups excluding carboxylic acids is 1. The van der Waals surface area contributed by atoms with Crippen molar-refractivity contribution in [2.45, 2.75) is 13.5 Å². The maximum absolute atomic E-state index is 11.2. The van der Waals surface area contributed by atoms with Gasteiger partial charge in [-0.25, -0.2) is 4.79 Å². The minimum atomic E-state index is -0.330. The molecule has 0 atom stereocenters. The van der Waals surface area contributed by atoms with E-state index in [9.17, 15) is 4.79 Å². The first-order valence-corrected chi connectivity index (χ1v) is 4.77. The first kappa shape index (κ1) is 10.9. The van der Waals surface area contributed by atoms with Gasteiger partial charge in [-0.2, -0.15) is 12.6 Å². The van der Waals surface area contributed by atoms with E-state index in [4.69, 9.17) is 4.74 Å². The lowest BCUT2D eigenvalue weighted by Gasteiger charge is -2.03. The third-order valence-electron chi connectivity index (χ3n) is 1.73. The Morgan fingerprint density at radius 3 is 2.64 bits per heavy atom. The van der Waals surface area contributed by atoms with Crippen molar-refractivity contribution in [3.8, 4) is 0 Å². The topological polar surface area (TPSA) is 26.3 Å². The van der Waals surface area contributed by atoms with E-state index in [0.29, 0.717) is 12.2 Å². The molecule has 0 bridgehead atoms. The molecule has 0 aliphatic carbocycles. The Balaban J connectivity index is 2.46. The first-order valence-electron chi connectivity index (χ1n) is 4.26. The van der Waals surface area contributed by atoms with Gasteiger partial charge in [-0.3, -0.25) is 0 Å². The highest BCUT2D eigenvalue weighted by Gasteiger charge is 2.04. The molecule has 0 saturated heterocycles. The summed E-state index contributed by atoms with van der Waals surface area (Å²) in [6.45, 7) is 1.97. The van der Waals surface area contributed by atoms with Crippen molar-refractivity contribution < 1.29 is 9.53 Å². The molecule has 0 fully saturated rings. The second kappa shape index (κ2) is 5.50. The number of esters is 1. The Morgan fingerprint density at radius 2 is 2.07 bits per heavy atom. The summed E-state index contributed by atoms with van der Waals surface area (Å²) < 4.78 is 5.02. The summed E-state index contributed by atoms with van der Waals surface area (Å²) in [4.78, 5) is 11.2. The number of ether oxygens (including phenoxy) is 1. The van der Waals surface area contributed by atoms with E-state index in [1.807, 2.05) is 30.3 Å². The minimum Gasteiger partial charge on any atom is -0.457 e. The van der Waals surface area contributed by atoms with Crippen molar-refractivity contribution in [3.05, 3.63) is 46.9 Å². The smallest absolute Gasteiger partial charge is 0.334 e. The van der Waals surface area contributed by atoms with Crippen molar-refractivity contribution in [2.75, 3.05) is 0 Å².